The monoisotopic (exact) mass is 642 g/mol. The Kier molecular flexibility index (Phi) is 10.2. The normalized spacial score (nSPS) is 17.2. The molecule has 14 heteroatoms. The van der Waals surface area contributed by atoms with Crippen LogP contribution in [0.2, 0.25) is 0 Å². The van der Waals surface area contributed by atoms with Crippen LogP contribution in [0.3, 0.4) is 0 Å². The summed E-state index contributed by atoms with van der Waals surface area (Å²) in [5.41, 5.74) is 7.79. The fraction of sp³-hybridized carbons (Fsp3) is 0.406. The maximum atomic E-state index is 15.2. The second kappa shape index (κ2) is 13.8. The summed E-state index contributed by atoms with van der Waals surface area (Å²) in [6.45, 7) is 8.80. The van der Waals surface area contributed by atoms with Gasteiger partial charge < -0.3 is 14.8 Å². The lowest BCUT2D eigenvalue weighted by Gasteiger charge is -2.35. The van der Waals surface area contributed by atoms with Gasteiger partial charge in [-0.05, 0) is 88.4 Å². The fourth-order valence-corrected chi connectivity index (χ4v) is 5.43. The summed E-state index contributed by atoms with van der Waals surface area (Å²) in [6, 6.07) is 5.21. The van der Waals surface area contributed by atoms with Crippen LogP contribution in [0.4, 0.5) is 28.0 Å². The number of pyridine rings is 1. The number of carbonyl (C=O) groups is 2. The lowest BCUT2D eigenvalue weighted by Crippen LogP contribution is -2.50. The third kappa shape index (κ3) is 8.12. The number of nitrogens with one attached hydrogen (secondary N) is 1. The predicted octanol–water partition coefficient (Wildman–Crippen LogP) is 7.39. The summed E-state index contributed by atoms with van der Waals surface area (Å²) in [7, 11) is 0. The van der Waals surface area contributed by atoms with E-state index >= 15 is 4.39 Å². The molecule has 4 rings (SSSR count). The number of aromatic nitrogens is 1. The van der Waals surface area contributed by atoms with Gasteiger partial charge in [-0.25, -0.2) is 22.4 Å². The van der Waals surface area contributed by atoms with E-state index in [0.717, 1.165) is 30.5 Å². The SMILES string of the molecule is CC(C)(C)OC(=O)N1[C@@H](CCc2c(F)cncc2NC(=O)[C@@H](N=[N+]=[N-])[C@@H](c2ccc(F)cc2)c2cc(F)cc(F)c2)COC1(C)C. The van der Waals surface area contributed by atoms with Crippen LogP contribution in [0.1, 0.15) is 63.6 Å². The van der Waals surface area contributed by atoms with Crippen LogP contribution in [-0.2, 0) is 20.7 Å². The van der Waals surface area contributed by atoms with Gasteiger partial charge in [-0.2, -0.15) is 0 Å². The molecule has 1 aliphatic rings. The molecular weight excluding hydrogens is 608 g/mol. The number of anilines is 1. The van der Waals surface area contributed by atoms with E-state index in [9.17, 15) is 28.3 Å². The van der Waals surface area contributed by atoms with E-state index in [4.69, 9.17) is 9.47 Å². The van der Waals surface area contributed by atoms with E-state index in [1.54, 1.807) is 34.6 Å². The molecule has 0 aliphatic carbocycles. The predicted molar refractivity (Wildman–Crippen MR) is 161 cm³/mol. The average Bonchev–Trinajstić information content (AvgIpc) is 3.25. The maximum absolute atomic E-state index is 15.2. The van der Waals surface area contributed by atoms with Gasteiger partial charge >= 0.3 is 6.09 Å². The zero-order valence-electron chi connectivity index (χ0n) is 25.9. The number of carbonyl (C=O) groups excluding carboxylic acids is 2. The van der Waals surface area contributed by atoms with Crippen molar-refractivity contribution in [2.45, 2.75) is 76.8 Å². The largest absolute Gasteiger partial charge is 0.444 e. The lowest BCUT2D eigenvalue weighted by atomic mass is 9.84. The molecule has 1 fully saturated rings. The first-order valence-corrected chi connectivity index (χ1v) is 14.4. The third-order valence-corrected chi connectivity index (χ3v) is 7.39. The first-order chi connectivity index (χ1) is 21.6. The molecule has 46 heavy (non-hydrogen) atoms. The summed E-state index contributed by atoms with van der Waals surface area (Å²) in [5.74, 6) is -5.44. The van der Waals surface area contributed by atoms with E-state index in [1.807, 2.05) is 0 Å². The van der Waals surface area contributed by atoms with Gasteiger partial charge in [0.25, 0.3) is 0 Å². The number of halogens is 4. The molecule has 1 saturated heterocycles. The van der Waals surface area contributed by atoms with Crippen molar-refractivity contribution < 1.29 is 36.6 Å². The molecule has 2 amide bonds. The lowest BCUT2D eigenvalue weighted by molar-refractivity contribution is -0.117. The molecule has 2 heterocycles. The van der Waals surface area contributed by atoms with Crippen LogP contribution in [0.25, 0.3) is 10.4 Å². The molecule has 1 aromatic heterocycles. The quantitative estimate of drug-likeness (QED) is 0.113. The van der Waals surface area contributed by atoms with Crippen LogP contribution < -0.4 is 5.32 Å². The number of rotatable bonds is 9. The van der Waals surface area contributed by atoms with Crippen molar-refractivity contribution in [3.8, 4) is 0 Å². The van der Waals surface area contributed by atoms with Crippen LogP contribution in [-0.4, -0.2) is 51.9 Å². The van der Waals surface area contributed by atoms with Crippen molar-refractivity contribution >= 4 is 17.7 Å². The van der Waals surface area contributed by atoms with Crippen molar-refractivity contribution in [2.75, 3.05) is 11.9 Å². The van der Waals surface area contributed by atoms with E-state index < -0.39 is 64.6 Å². The maximum Gasteiger partial charge on any atom is 0.412 e. The minimum absolute atomic E-state index is 0.0239. The van der Waals surface area contributed by atoms with Crippen LogP contribution >= 0.6 is 0 Å². The van der Waals surface area contributed by atoms with Gasteiger partial charge in [0.2, 0.25) is 5.91 Å². The number of hydrogen-bond acceptors (Lipinski definition) is 6. The first-order valence-electron chi connectivity index (χ1n) is 14.4. The summed E-state index contributed by atoms with van der Waals surface area (Å²) in [5, 5.41) is 6.18. The van der Waals surface area contributed by atoms with E-state index in [2.05, 4.69) is 20.3 Å². The molecular formula is C32H34F4N6O4. The fourth-order valence-electron chi connectivity index (χ4n) is 5.43. The van der Waals surface area contributed by atoms with Gasteiger partial charge in [-0.15, -0.1) is 0 Å². The van der Waals surface area contributed by atoms with E-state index in [1.165, 1.54) is 23.2 Å². The van der Waals surface area contributed by atoms with Crippen LogP contribution in [0.5, 0.6) is 0 Å². The highest BCUT2D eigenvalue weighted by Gasteiger charge is 2.45. The molecule has 244 valence electrons. The van der Waals surface area contributed by atoms with Crippen molar-refractivity contribution in [1.82, 2.24) is 9.88 Å². The number of amides is 2. The number of benzene rings is 2. The number of nitrogens with zero attached hydrogens (tertiary/aromatic N) is 5. The second-order valence-corrected chi connectivity index (χ2v) is 12.3. The Morgan fingerprint density at radius 2 is 1.74 bits per heavy atom. The van der Waals surface area contributed by atoms with Gasteiger partial charge in [0, 0.05) is 22.5 Å². The summed E-state index contributed by atoms with van der Waals surface area (Å²) in [6.07, 6.45) is 1.82. The van der Waals surface area contributed by atoms with E-state index in [0.29, 0.717) is 6.07 Å². The zero-order valence-corrected chi connectivity index (χ0v) is 25.9. The zero-order chi connectivity index (χ0) is 33.8. The van der Waals surface area contributed by atoms with Crippen molar-refractivity contribution in [1.29, 1.82) is 0 Å². The molecule has 0 spiro atoms. The number of hydrogen-bond donors (Lipinski definition) is 1. The number of ether oxygens (including phenoxy) is 2. The highest BCUT2D eigenvalue weighted by atomic mass is 19.1. The molecule has 1 aliphatic heterocycles. The minimum atomic E-state index is -1.65. The van der Waals surface area contributed by atoms with Crippen molar-refractivity contribution in [3.05, 3.63) is 105 Å². The van der Waals surface area contributed by atoms with Gasteiger partial charge in [0.1, 0.15) is 40.6 Å². The van der Waals surface area contributed by atoms with Crippen molar-refractivity contribution in [3.63, 3.8) is 0 Å². The number of azide groups is 1. The van der Waals surface area contributed by atoms with Gasteiger partial charge in [-0.1, -0.05) is 17.2 Å². The Bertz CT molecular complexity index is 1620. The van der Waals surface area contributed by atoms with Crippen molar-refractivity contribution in [2.24, 2.45) is 5.11 Å². The molecule has 3 atom stereocenters. The van der Waals surface area contributed by atoms with Gasteiger partial charge in [-0.3, -0.25) is 14.7 Å². The molecule has 0 radical (unpaired) electrons. The Hall–Kier alpha value is -4.68. The molecule has 2 aromatic carbocycles. The minimum Gasteiger partial charge on any atom is -0.444 e. The Balaban J connectivity index is 1.64. The Morgan fingerprint density at radius 3 is 2.35 bits per heavy atom. The molecule has 0 saturated carbocycles. The molecule has 10 nitrogen and oxygen atoms in total. The Labute approximate surface area is 263 Å². The van der Waals surface area contributed by atoms with Gasteiger partial charge in [0.15, 0.2) is 0 Å². The summed E-state index contributed by atoms with van der Waals surface area (Å²) in [4.78, 5) is 34.9. The highest BCUT2D eigenvalue weighted by molar-refractivity contribution is 5.96. The van der Waals surface area contributed by atoms with Crippen LogP contribution in [0, 0.1) is 23.3 Å². The molecule has 0 unspecified atom stereocenters. The summed E-state index contributed by atoms with van der Waals surface area (Å²) < 4.78 is 69.0. The highest BCUT2D eigenvalue weighted by Crippen LogP contribution is 2.35. The topological polar surface area (TPSA) is 130 Å². The molecule has 0 bridgehead atoms. The van der Waals surface area contributed by atoms with Crippen LogP contribution in [0.15, 0.2) is 60.0 Å². The molecule has 3 aromatic rings. The third-order valence-electron chi connectivity index (χ3n) is 7.39. The smallest absolute Gasteiger partial charge is 0.412 e. The van der Waals surface area contributed by atoms with Gasteiger partial charge in [0.05, 0.1) is 30.7 Å². The second-order valence-electron chi connectivity index (χ2n) is 12.3. The standard InChI is InChI=1S/C32H34F4N6O4/c1-31(2,3)46-30(44)42-23(17-45-32(42,4)5)10-11-24-25(36)15-38-16-26(24)39-29(43)28(40-41-37)27(18-6-8-20(33)9-7-18)19-12-21(34)14-22(35)13-19/h6-9,12-16,23,27-28H,10-11,17H2,1-5H3,(H,39,43)/t23-,27-,28-/m0/s1. The first kappa shape index (κ1) is 34.2. The molecule has 1 N–H and O–H groups in total. The average molecular weight is 643 g/mol. The Morgan fingerprint density at radius 1 is 1.09 bits per heavy atom. The van der Waals surface area contributed by atoms with E-state index in [-0.39, 0.29) is 41.8 Å². The summed E-state index contributed by atoms with van der Waals surface area (Å²) >= 11 is 0.